The summed E-state index contributed by atoms with van der Waals surface area (Å²) in [5.74, 6) is 0.967. The standard InChI is InChI=1S/C18H22N4/c1-6-19-17-16-12(2)13(3)22(15-10-8-7-9-11-15)18(16)20-14(4)21(17)5/h7-11H,6H2,1-5H3/b19-17+. The Bertz CT molecular complexity index is 898. The first-order valence-corrected chi connectivity index (χ1v) is 7.67. The Morgan fingerprint density at radius 2 is 1.77 bits per heavy atom. The second kappa shape index (κ2) is 5.44. The maximum Gasteiger partial charge on any atom is 0.150 e. The minimum absolute atomic E-state index is 0.765. The lowest BCUT2D eigenvalue weighted by Gasteiger charge is -2.10. The molecule has 114 valence electrons. The van der Waals surface area contributed by atoms with E-state index in [2.05, 4.69) is 54.2 Å². The molecule has 0 aliphatic rings. The maximum absolute atomic E-state index is 4.84. The van der Waals surface area contributed by atoms with Gasteiger partial charge in [-0.2, -0.15) is 0 Å². The van der Waals surface area contributed by atoms with Crippen molar-refractivity contribution in [3.05, 3.63) is 52.9 Å². The summed E-state index contributed by atoms with van der Waals surface area (Å²) in [4.78, 5) is 9.56. The molecule has 0 amide bonds. The molecule has 1 aromatic carbocycles. The Morgan fingerprint density at radius 1 is 1.09 bits per heavy atom. The van der Waals surface area contributed by atoms with Crippen LogP contribution in [0.1, 0.15) is 24.0 Å². The van der Waals surface area contributed by atoms with Crippen LogP contribution in [-0.2, 0) is 7.05 Å². The molecule has 2 heterocycles. The normalized spacial score (nSPS) is 12.3. The van der Waals surface area contributed by atoms with Gasteiger partial charge in [-0.05, 0) is 45.4 Å². The zero-order valence-electron chi connectivity index (χ0n) is 13.9. The second-order valence-electron chi connectivity index (χ2n) is 5.60. The third-order valence-electron chi connectivity index (χ3n) is 4.31. The lowest BCUT2D eigenvalue weighted by atomic mass is 10.2. The molecule has 0 radical (unpaired) electrons. The van der Waals surface area contributed by atoms with Gasteiger partial charge in [-0.3, -0.25) is 9.56 Å². The average Bonchev–Trinajstić information content (AvgIpc) is 2.76. The molecule has 0 aliphatic heterocycles. The van der Waals surface area contributed by atoms with E-state index in [0.717, 1.165) is 34.6 Å². The highest BCUT2D eigenvalue weighted by atomic mass is 15.1. The van der Waals surface area contributed by atoms with Crippen molar-refractivity contribution in [2.45, 2.75) is 27.7 Å². The molecule has 0 aliphatic carbocycles. The Hall–Kier alpha value is -2.36. The van der Waals surface area contributed by atoms with Gasteiger partial charge in [0.15, 0.2) is 5.65 Å². The van der Waals surface area contributed by atoms with Crippen LogP contribution in [0, 0.1) is 20.8 Å². The Kier molecular flexibility index (Phi) is 3.61. The van der Waals surface area contributed by atoms with Gasteiger partial charge in [-0.15, -0.1) is 0 Å². The number of benzene rings is 1. The van der Waals surface area contributed by atoms with Gasteiger partial charge in [0.1, 0.15) is 11.3 Å². The Labute approximate surface area is 130 Å². The zero-order valence-corrected chi connectivity index (χ0v) is 13.9. The van der Waals surface area contributed by atoms with Gasteiger partial charge in [-0.1, -0.05) is 18.2 Å². The van der Waals surface area contributed by atoms with Gasteiger partial charge in [0.2, 0.25) is 0 Å². The van der Waals surface area contributed by atoms with Crippen molar-refractivity contribution in [2.24, 2.45) is 12.0 Å². The van der Waals surface area contributed by atoms with Crippen molar-refractivity contribution < 1.29 is 0 Å². The largest absolute Gasteiger partial charge is 0.318 e. The van der Waals surface area contributed by atoms with Gasteiger partial charge in [-0.25, -0.2) is 4.98 Å². The molecule has 4 nitrogen and oxygen atoms in total. The Balaban J connectivity index is 2.52. The number of rotatable bonds is 2. The van der Waals surface area contributed by atoms with Crippen molar-refractivity contribution >= 4 is 11.0 Å². The highest BCUT2D eigenvalue weighted by molar-refractivity contribution is 5.83. The topological polar surface area (TPSA) is 35.1 Å². The van der Waals surface area contributed by atoms with E-state index in [0.29, 0.717) is 0 Å². The van der Waals surface area contributed by atoms with E-state index in [1.807, 2.05) is 20.0 Å². The van der Waals surface area contributed by atoms with Gasteiger partial charge in [0.05, 0.1) is 5.39 Å². The smallest absolute Gasteiger partial charge is 0.150 e. The highest BCUT2D eigenvalue weighted by Gasteiger charge is 2.17. The van der Waals surface area contributed by atoms with Crippen LogP contribution in [-0.4, -0.2) is 20.7 Å². The monoisotopic (exact) mass is 294 g/mol. The van der Waals surface area contributed by atoms with E-state index in [4.69, 9.17) is 9.98 Å². The van der Waals surface area contributed by atoms with E-state index in [9.17, 15) is 0 Å². The number of nitrogens with zero attached hydrogens (tertiary/aromatic N) is 4. The van der Waals surface area contributed by atoms with Crippen molar-refractivity contribution in [1.29, 1.82) is 0 Å². The first-order chi connectivity index (χ1) is 10.6. The fourth-order valence-corrected chi connectivity index (χ4v) is 2.94. The van der Waals surface area contributed by atoms with Crippen LogP contribution < -0.4 is 5.49 Å². The number of aryl methyl sites for hydroxylation is 2. The van der Waals surface area contributed by atoms with Crippen LogP contribution in [0.15, 0.2) is 35.3 Å². The molecule has 0 atom stereocenters. The van der Waals surface area contributed by atoms with Gasteiger partial charge < -0.3 is 4.57 Å². The van der Waals surface area contributed by atoms with Crippen molar-refractivity contribution in [1.82, 2.24) is 14.1 Å². The minimum atomic E-state index is 0.765. The maximum atomic E-state index is 4.84. The summed E-state index contributed by atoms with van der Waals surface area (Å²) in [7, 11) is 2.03. The van der Waals surface area contributed by atoms with Crippen LogP contribution in [0.5, 0.6) is 0 Å². The number of fused-ring (bicyclic) bond motifs is 1. The SMILES string of the molecule is CC/N=c1\c2c(C)c(C)n(-c3ccccc3)c2nc(C)n1C. The molecule has 0 spiro atoms. The summed E-state index contributed by atoms with van der Waals surface area (Å²) in [6.07, 6.45) is 0. The number of hydrogen-bond acceptors (Lipinski definition) is 2. The number of para-hydroxylation sites is 1. The predicted octanol–water partition coefficient (Wildman–Crippen LogP) is 3.21. The molecule has 4 heteroatoms. The van der Waals surface area contributed by atoms with Crippen molar-refractivity contribution in [2.75, 3.05) is 6.54 Å². The molecular formula is C18H22N4. The quantitative estimate of drug-likeness (QED) is 0.715. The number of hydrogen-bond donors (Lipinski definition) is 0. The summed E-state index contributed by atoms with van der Waals surface area (Å²) >= 11 is 0. The van der Waals surface area contributed by atoms with Crippen molar-refractivity contribution in [3.8, 4) is 5.69 Å². The molecule has 0 bridgehead atoms. The summed E-state index contributed by atoms with van der Waals surface area (Å²) in [6.45, 7) is 9.17. The molecule has 2 aromatic heterocycles. The van der Waals surface area contributed by atoms with E-state index in [1.165, 1.54) is 11.3 Å². The Morgan fingerprint density at radius 3 is 2.41 bits per heavy atom. The van der Waals surface area contributed by atoms with Gasteiger partial charge >= 0.3 is 0 Å². The lowest BCUT2D eigenvalue weighted by Crippen LogP contribution is -2.23. The summed E-state index contributed by atoms with van der Waals surface area (Å²) < 4.78 is 4.31. The van der Waals surface area contributed by atoms with E-state index < -0.39 is 0 Å². The molecule has 22 heavy (non-hydrogen) atoms. The second-order valence-corrected chi connectivity index (χ2v) is 5.60. The van der Waals surface area contributed by atoms with E-state index >= 15 is 0 Å². The van der Waals surface area contributed by atoms with Crippen LogP contribution in [0.25, 0.3) is 16.7 Å². The van der Waals surface area contributed by atoms with Crippen molar-refractivity contribution in [3.63, 3.8) is 0 Å². The molecule has 3 aromatic rings. The molecule has 0 unspecified atom stereocenters. The van der Waals surface area contributed by atoms with Crippen LogP contribution >= 0.6 is 0 Å². The first-order valence-electron chi connectivity index (χ1n) is 7.67. The molecule has 0 saturated carbocycles. The fraction of sp³-hybridized carbons (Fsp3) is 0.333. The predicted molar refractivity (Wildman–Crippen MR) is 90.4 cm³/mol. The molecule has 0 N–H and O–H groups in total. The molecule has 0 fully saturated rings. The lowest BCUT2D eigenvalue weighted by molar-refractivity contribution is 0.757. The van der Waals surface area contributed by atoms with Crippen LogP contribution in [0.2, 0.25) is 0 Å². The molecular weight excluding hydrogens is 272 g/mol. The third kappa shape index (κ3) is 2.06. The third-order valence-corrected chi connectivity index (χ3v) is 4.31. The summed E-state index contributed by atoms with van der Waals surface area (Å²) in [6, 6.07) is 10.4. The molecule has 3 rings (SSSR count). The first kappa shape index (κ1) is 14.6. The van der Waals surface area contributed by atoms with Crippen LogP contribution in [0.4, 0.5) is 0 Å². The highest BCUT2D eigenvalue weighted by Crippen LogP contribution is 2.25. The van der Waals surface area contributed by atoms with E-state index in [1.54, 1.807) is 0 Å². The van der Waals surface area contributed by atoms with E-state index in [-0.39, 0.29) is 0 Å². The minimum Gasteiger partial charge on any atom is -0.318 e. The summed E-state index contributed by atoms with van der Waals surface area (Å²) in [5.41, 5.74) is 5.60. The average molecular weight is 294 g/mol. The molecule has 0 saturated heterocycles. The van der Waals surface area contributed by atoms with Gasteiger partial charge in [0, 0.05) is 25.0 Å². The zero-order chi connectivity index (χ0) is 15.9. The number of aromatic nitrogens is 3. The fourth-order valence-electron chi connectivity index (χ4n) is 2.94. The van der Waals surface area contributed by atoms with Crippen LogP contribution in [0.3, 0.4) is 0 Å². The summed E-state index contributed by atoms with van der Waals surface area (Å²) in [5, 5.41) is 1.15. The van der Waals surface area contributed by atoms with Gasteiger partial charge in [0.25, 0.3) is 0 Å².